The molecular weight excluding hydrogens is 373 g/mol. The maximum Gasteiger partial charge on any atom is 0.261 e. The first-order valence-electron chi connectivity index (χ1n) is 9.34. The van der Waals surface area contributed by atoms with Gasteiger partial charge in [0.15, 0.2) is 5.82 Å². The minimum Gasteiger partial charge on any atom is -0.269 e. The van der Waals surface area contributed by atoms with E-state index in [0.717, 1.165) is 12.8 Å². The largest absolute Gasteiger partial charge is 0.269 e. The number of nitrogens with zero attached hydrogens (tertiary/aromatic N) is 5. The van der Waals surface area contributed by atoms with Gasteiger partial charge in [0, 0.05) is 23.9 Å². The van der Waals surface area contributed by atoms with Crippen LogP contribution in [0.25, 0.3) is 11.3 Å². The highest BCUT2D eigenvalue weighted by atomic mass is 19.1. The SMILES string of the molecule is O=C1c2ccccc2C(=O)N1Cc1cc(-c2cnc(CF)nc2)nc(C2CC2)n1. The van der Waals surface area contributed by atoms with Crippen molar-refractivity contribution in [2.45, 2.75) is 32.0 Å². The van der Waals surface area contributed by atoms with Crippen molar-refractivity contribution in [1.82, 2.24) is 24.8 Å². The molecule has 0 radical (unpaired) electrons. The number of fused-ring (bicyclic) bond motifs is 1. The van der Waals surface area contributed by atoms with Gasteiger partial charge < -0.3 is 0 Å². The molecule has 0 spiro atoms. The molecule has 3 aromatic rings. The molecular formula is C21H16FN5O2. The zero-order valence-electron chi connectivity index (χ0n) is 15.4. The zero-order valence-corrected chi connectivity index (χ0v) is 15.4. The van der Waals surface area contributed by atoms with Gasteiger partial charge in [-0.15, -0.1) is 0 Å². The number of benzene rings is 1. The van der Waals surface area contributed by atoms with E-state index in [9.17, 15) is 14.0 Å². The molecule has 2 aliphatic rings. The number of carbonyl (C=O) groups is 2. The van der Waals surface area contributed by atoms with Gasteiger partial charge in [0.05, 0.1) is 29.1 Å². The lowest BCUT2D eigenvalue weighted by Crippen LogP contribution is -2.29. The van der Waals surface area contributed by atoms with Crippen molar-refractivity contribution in [2.24, 2.45) is 0 Å². The molecule has 7 nitrogen and oxygen atoms in total. The summed E-state index contributed by atoms with van der Waals surface area (Å²) >= 11 is 0. The molecule has 8 heteroatoms. The van der Waals surface area contributed by atoms with E-state index in [0.29, 0.717) is 33.9 Å². The van der Waals surface area contributed by atoms with Crippen LogP contribution in [0.2, 0.25) is 0 Å². The molecule has 1 aliphatic carbocycles. The normalized spacial score (nSPS) is 15.7. The van der Waals surface area contributed by atoms with Crippen molar-refractivity contribution in [3.8, 4) is 11.3 Å². The quantitative estimate of drug-likeness (QED) is 0.623. The first-order valence-corrected chi connectivity index (χ1v) is 9.34. The maximum absolute atomic E-state index is 12.7. The Morgan fingerprint density at radius 3 is 2.24 bits per heavy atom. The summed E-state index contributed by atoms with van der Waals surface area (Å²) < 4.78 is 12.7. The number of aromatic nitrogens is 4. The van der Waals surface area contributed by atoms with Crippen LogP contribution in [0.5, 0.6) is 0 Å². The van der Waals surface area contributed by atoms with Gasteiger partial charge in [-0.25, -0.2) is 24.3 Å². The summed E-state index contributed by atoms with van der Waals surface area (Å²) in [4.78, 5) is 43.7. The third-order valence-corrected chi connectivity index (χ3v) is 5.06. The Kier molecular flexibility index (Phi) is 4.12. The molecule has 1 aromatic carbocycles. The summed E-state index contributed by atoms with van der Waals surface area (Å²) in [5, 5.41) is 0. The lowest BCUT2D eigenvalue weighted by Gasteiger charge is -2.15. The fourth-order valence-electron chi connectivity index (χ4n) is 3.37. The molecule has 5 rings (SSSR count). The maximum atomic E-state index is 12.7. The van der Waals surface area contributed by atoms with Crippen LogP contribution >= 0.6 is 0 Å². The molecule has 1 fully saturated rings. The molecule has 0 bridgehead atoms. The number of halogens is 1. The van der Waals surface area contributed by atoms with Gasteiger partial charge in [-0.1, -0.05) is 12.1 Å². The Bertz CT molecular complexity index is 1090. The highest BCUT2D eigenvalue weighted by Gasteiger charge is 2.36. The summed E-state index contributed by atoms with van der Waals surface area (Å²) in [6.07, 6.45) is 5.06. The molecule has 2 aromatic heterocycles. The highest BCUT2D eigenvalue weighted by Crippen LogP contribution is 2.39. The molecule has 29 heavy (non-hydrogen) atoms. The Balaban J connectivity index is 1.49. The number of rotatable bonds is 5. The number of hydrogen-bond acceptors (Lipinski definition) is 6. The van der Waals surface area contributed by atoms with Crippen molar-refractivity contribution in [3.05, 3.63) is 71.2 Å². The Hall–Kier alpha value is -3.55. The van der Waals surface area contributed by atoms with Crippen LogP contribution in [-0.4, -0.2) is 36.7 Å². The third kappa shape index (κ3) is 3.16. The van der Waals surface area contributed by atoms with Gasteiger partial charge in [-0.05, 0) is 31.0 Å². The number of amides is 2. The van der Waals surface area contributed by atoms with E-state index in [1.54, 1.807) is 30.3 Å². The van der Waals surface area contributed by atoms with Gasteiger partial charge in [0.25, 0.3) is 11.8 Å². The standard InChI is InChI=1S/C21H16FN5O2/c22-8-18-23-9-13(10-24-18)17-7-14(25-19(26-17)12-5-6-12)11-27-20(28)15-3-1-2-4-16(15)21(27)29/h1-4,7,9-10,12H,5-6,8,11H2. The second-order valence-corrected chi connectivity index (χ2v) is 7.14. The monoisotopic (exact) mass is 389 g/mol. The first-order chi connectivity index (χ1) is 14.1. The van der Waals surface area contributed by atoms with E-state index < -0.39 is 6.67 Å². The Morgan fingerprint density at radius 1 is 1.00 bits per heavy atom. The van der Waals surface area contributed by atoms with Crippen LogP contribution < -0.4 is 0 Å². The van der Waals surface area contributed by atoms with Gasteiger partial charge in [0.2, 0.25) is 0 Å². The van der Waals surface area contributed by atoms with Crippen molar-refractivity contribution in [3.63, 3.8) is 0 Å². The summed E-state index contributed by atoms with van der Waals surface area (Å²) in [5.41, 5.74) is 2.61. The average Bonchev–Trinajstić information content (AvgIpc) is 3.59. The molecule has 0 N–H and O–H groups in total. The van der Waals surface area contributed by atoms with Gasteiger partial charge in [-0.2, -0.15) is 0 Å². The van der Waals surface area contributed by atoms with Gasteiger partial charge in [0.1, 0.15) is 12.5 Å². The van der Waals surface area contributed by atoms with E-state index >= 15 is 0 Å². The van der Waals surface area contributed by atoms with E-state index in [2.05, 4.69) is 19.9 Å². The predicted molar refractivity (Wildman–Crippen MR) is 100 cm³/mol. The second-order valence-electron chi connectivity index (χ2n) is 7.14. The van der Waals surface area contributed by atoms with Crippen LogP contribution in [0.15, 0.2) is 42.7 Å². The van der Waals surface area contributed by atoms with Crippen molar-refractivity contribution in [1.29, 1.82) is 0 Å². The predicted octanol–water partition coefficient (Wildman–Crippen LogP) is 3.08. The molecule has 1 aliphatic heterocycles. The van der Waals surface area contributed by atoms with Crippen LogP contribution in [0, 0.1) is 0 Å². The Morgan fingerprint density at radius 2 is 1.66 bits per heavy atom. The lowest BCUT2D eigenvalue weighted by atomic mass is 10.1. The topological polar surface area (TPSA) is 88.9 Å². The van der Waals surface area contributed by atoms with Crippen molar-refractivity contribution < 1.29 is 14.0 Å². The summed E-state index contributed by atoms with van der Waals surface area (Å²) in [6.45, 7) is -0.673. The van der Waals surface area contributed by atoms with Crippen molar-refractivity contribution in [2.75, 3.05) is 0 Å². The van der Waals surface area contributed by atoms with Crippen LogP contribution in [0.3, 0.4) is 0 Å². The fourth-order valence-corrected chi connectivity index (χ4v) is 3.37. The zero-order chi connectivity index (χ0) is 20.0. The minimum atomic E-state index is -0.734. The average molecular weight is 389 g/mol. The smallest absolute Gasteiger partial charge is 0.261 e. The molecule has 3 heterocycles. The lowest BCUT2D eigenvalue weighted by molar-refractivity contribution is 0.0640. The molecule has 0 unspecified atom stereocenters. The number of hydrogen-bond donors (Lipinski definition) is 0. The number of alkyl halides is 1. The van der Waals surface area contributed by atoms with E-state index in [1.807, 2.05) is 0 Å². The highest BCUT2D eigenvalue weighted by molar-refractivity contribution is 6.21. The molecule has 1 saturated carbocycles. The fraction of sp³-hybridized carbons (Fsp3) is 0.238. The van der Waals surface area contributed by atoms with E-state index in [4.69, 9.17) is 0 Å². The van der Waals surface area contributed by atoms with E-state index in [-0.39, 0.29) is 30.1 Å². The second kappa shape index (κ2) is 6.80. The van der Waals surface area contributed by atoms with Crippen molar-refractivity contribution >= 4 is 11.8 Å². The van der Waals surface area contributed by atoms with Gasteiger partial charge in [-0.3, -0.25) is 14.5 Å². The number of carbonyl (C=O) groups excluding carboxylic acids is 2. The molecule has 144 valence electrons. The summed E-state index contributed by atoms with van der Waals surface area (Å²) in [7, 11) is 0. The van der Waals surface area contributed by atoms with Crippen LogP contribution in [0.4, 0.5) is 4.39 Å². The van der Waals surface area contributed by atoms with E-state index in [1.165, 1.54) is 17.3 Å². The molecule has 2 amide bonds. The molecule has 0 saturated heterocycles. The first kappa shape index (κ1) is 17.5. The van der Waals surface area contributed by atoms with Gasteiger partial charge >= 0.3 is 0 Å². The Labute approximate surface area is 165 Å². The molecule has 0 atom stereocenters. The summed E-state index contributed by atoms with van der Waals surface area (Å²) in [5.74, 6) is 0.422. The van der Waals surface area contributed by atoms with Crippen LogP contribution in [0.1, 0.15) is 56.8 Å². The summed E-state index contributed by atoms with van der Waals surface area (Å²) in [6, 6.07) is 8.51. The third-order valence-electron chi connectivity index (χ3n) is 5.06. The number of imide groups is 1. The van der Waals surface area contributed by atoms with Crippen LogP contribution in [-0.2, 0) is 13.2 Å². The minimum absolute atomic E-state index is 0.0605.